The summed E-state index contributed by atoms with van der Waals surface area (Å²) in [4.78, 5) is 31.4. The highest BCUT2D eigenvalue weighted by molar-refractivity contribution is 6.06. The van der Waals surface area contributed by atoms with Gasteiger partial charge in [-0.25, -0.2) is 4.98 Å². The SMILES string of the molecule is Cc1ccc2[nH]c(=O)cc(C(=O)NCc3cncn3C3CC3)c2c1. The third-order valence-electron chi connectivity index (χ3n) is 4.36. The zero-order valence-corrected chi connectivity index (χ0v) is 13.4. The number of carbonyl (C=O) groups is 1. The second-order valence-electron chi connectivity index (χ2n) is 6.30. The van der Waals surface area contributed by atoms with Crippen molar-refractivity contribution in [1.82, 2.24) is 19.9 Å². The van der Waals surface area contributed by atoms with Crippen molar-refractivity contribution < 1.29 is 4.79 Å². The summed E-state index contributed by atoms with van der Waals surface area (Å²) in [6.07, 6.45) is 5.91. The van der Waals surface area contributed by atoms with Crippen molar-refractivity contribution in [1.29, 1.82) is 0 Å². The van der Waals surface area contributed by atoms with Gasteiger partial charge in [0.1, 0.15) is 0 Å². The van der Waals surface area contributed by atoms with Crippen LogP contribution in [0.15, 0.2) is 41.6 Å². The molecule has 0 spiro atoms. The standard InChI is InChI=1S/C18H18N4O2/c1-11-2-5-16-14(6-11)15(7-17(23)21-16)18(24)20-9-13-8-19-10-22(13)12-3-4-12/h2,5-8,10,12H,3-4,9H2,1H3,(H,20,24)(H,21,23). The largest absolute Gasteiger partial charge is 0.346 e. The average Bonchev–Trinajstić information content (AvgIpc) is 3.30. The summed E-state index contributed by atoms with van der Waals surface area (Å²) in [5.41, 5.74) is 2.81. The first kappa shape index (κ1) is 14.7. The fourth-order valence-electron chi connectivity index (χ4n) is 2.97. The molecule has 4 rings (SSSR count). The van der Waals surface area contributed by atoms with E-state index in [1.54, 1.807) is 6.20 Å². The van der Waals surface area contributed by atoms with E-state index in [4.69, 9.17) is 0 Å². The van der Waals surface area contributed by atoms with E-state index in [9.17, 15) is 9.59 Å². The number of fused-ring (bicyclic) bond motifs is 1. The van der Waals surface area contributed by atoms with Crippen molar-refractivity contribution >= 4 is 16.8 Å². The Morgan fingerprint density at radius 2 is 2.21 bits per heavy atom. The molecule has 0 aliphatic heterocycles. The number of imidazole rings is 1. The zero-order valence-electron chi connectivity index (χ0n) is 13.4. The predicted octanol–water partition coefficient (Wildman–Crippen LogP) is 2.30. The highest BCUT2D eigenvalue weighted by atomic mass is 16.2. The number of nitrogens with zero attached hydrogens (tertiary/aromatic N) is 2. The maximum Gasteiger partial charge on any atom is 0.252 e. The van der Waals surface area contributed by atoms with Crippen LogP contribution in [0, 0.1) is 6.92 Å². The third-order valence-corrected chi connectivity index (χ3v) is 4.36. The number of hydrogen-bond acceptors (Lipinski definition) is 3. The van der Waals surface area contributed by atoms with E-state index in [1.165, 1.54) is 6.07 Å². The first-order valence-electron chi connectivity index (χ1n) is 8.04. The molecule has 1 aliphatic carbocycles. The molecule has 2 aromatic heterocycles. The average molecular weight is 322 g/mol. The minimum Gasteiger partial charge on any atom is -0.346 e. The van der Waals surface area contributed by atoms with Crippen molar-refractivity contribution in [3.8, 4) is 0 Å². The lowest BCUT2D eigenvalue weighted by molar-refractivity contribution is 0.0951. The second-order valence-corrected chi connectivity index (χ2v) is 6.30. The van der Waals surface area contributed by atoms with Gasteiger partial charge in [-0.1, -0.05) is 11.6 Å². The normalized spacial score (nSPS) is 14.0. The van der Waals surface area contributed by atoms with Gasteiger partial charge in [-0.3, -0.25) is 9.59 Å². The summed E-state index contributed by atoms with van der Waals surface area (Å²) in [5, 5.41) is 3.66. The fraction of sp³-hybridized carbons (Fsp3) is 0.278. The van der Waals surface area contributed by atoms with Crippen LogP contribution in [0.2, 0.25) is 0 Å². The molecule has 1 aromatic carbocycles. The molecule has 24 heavy (non-hydrogen) atoms. The van der Waals surface area contributed by atoms with Gasteiger partial charge in [0.2, 0.25) is 5.56 Å². The van der Waals surface area contributed by atoms with Crippen molar-refractivity contribution in [3.63, 3.8) is 0 Å². The van der Waals surface area contributed by atoms with Crippen LogP contribution in [-0.4, -0.2) is 20.4 Å². The van der Waals surface area contributed by atoms with Crippen molar-refractivity contribution in [3.05, 3.63) is 64.0 Å². The number of pyridine rings is 1. The topological polar surface area (TPSA) is 79.8 Å². The Hall–Kier alpha value is -2.89. The molecule has 1 amide bonds. The number of H-pyrrole nitrogens is 1. The quantitative estimate of drug-likeness (QED) is 0.773. The summed E-state index contributed by atoms with van der Waals surface area (Å²) >= 11 is 0. The molecule has 1 fully saturated rings. The van der Waals surface area contributed by atoms with Gasteiger partial charge >= 0.3 is 0 Å². The van der Waals surface area contributed by atoms with Crippen LogP contribution in [0.5, 0.6) is 0 Å². The van der Waals surface area contributed by atoms with Gasteiger partial charge in [0.25, 0.3) is 5.91 Å². The lowest BCUT2D eigenvalue weighted by Crippen LogP contribution is -2.25. The lowest BCUT2D eigenvalue weighted by Gasteiger charge is -2.10. The molecule has 0 radical (unpaired) electrons. The van der Waals surface area contributed by atoms with Gasteiger partial charge < -0.3 is 14.9 Å². The predicted molar refractivity (Wildman–Crippen MR) is 91.0 cm³/mol. The zero-order chi connectivity index (χ0) is 16.7. The van der Waals surface area contributed by atoms with Gasteiger partial charge in [0.15, 0.2) is 0 Å². The number of aryl methyl sites for hydroxylation is 1. The van der Waals surface area contributed by atoms with Crippen LogP contribution in [0.1, 0.15) is 40.5 Å². The van der Waals surface area contributed by atoms with Crippen LogP contribution in [0.25, 0.3) is 10.9 Å². The molecule has 0 atom stereocenters. The minimum atomic E-state index is -0.278. The Kier molecular flexibility index (Phi) is 3.45. The molecule has 1 saturated carbocycles. The van der Waals surface area contributed by atoms with Gasteiger partial charge in [0, 0.05) is 29.2 Å². The molecule has 6 nitrogen and oxygen atoms in total. The monoisotopic (exact) mass is 322 g/mol. The highest BCUT2D eigenvalue weighted by Gasteiger charge is 2.25. The molecule has 1 aliphatic rings. The fourth-order valence-corrected chi connectivity index (χ4v) is 2.97. The molecular weight excluding hydrogens is 304 g/mol. The van der Waals surface area contributed by atoms with E-state index < -0.39 is 0 Å². The van der Waals surface area contributed by atoms with E-state index in [-0.39, 0.29) is 11.5 Å². The smallest absolute Gasteiger partial charge is 0.252 e. The van der Waals surface area contributed by atoms with Gasteiger partial charge in [-0.2, -0.15) is 0 Å². The van der Waals surface area contributed by atoms with Crippen LogP contribution in [0.3, 0.4) is 0 Å². The van der Waals surface area contributed by atoms with E-state index in [0.717, 1.165) is 29.5 Å². The summed E-state index contributed by atoms with van der Waals surface area (Å²) in [7, 11) is 0. The first-order chi connectivity index (χ1) is 11.6. The van der Waals surface area contributed by atoms with Crippen molar-refractivity contribution in [2.75, 3.05) is 0 Å². The van der Waals surface area contributed by atoms with Gasteiger partial charge in [0.05, 0.1) is 24.1 Å². The van der Waals surface area contributed by atoms with Gasteiger partial charge in [-0.05, 0) is 31.9 Å². The van der Waals surface area contributed by atoms with E-state index >= 15 is 0 Å². The number of hydrogen-bond donors (Lipinski definition) is 2. The molecule has 0 saturated heterocycles. The number of aromatic nitrogens is 3. The van der Waals surface area contributed by atoms with Crippen LogP contribution in [0.4, 0.5) is 0 Å². The Morgan fingerprint density at radius 3 is 3.00 bits per heavy atom. The number of benzene rings is 1. The number of carbonyl (C=O) groups excluding carboxylic acids is 1. The molecule has 2 heterocycles. The molecule has 2 N–H and O–H groups in total. The third kappa shape index (κ3) is 2.71. The minimum absolute atomic E-state index is 0.250. The molecular formula is C18H18N4O2. The van der Waals surface area contributed by atoms with Crippen LogP contribution >= 0.6 is 0 Å². The van der Waals surface area contributed by atoms with Crippen molar-refractivity contribution in [2.45, 2.75) is 32.4 Å². The second kappa shape index (κ2) is 5.63. The van der Waals surface area contributed by atoms with Crippen LogP contribution < -0.4 is 10.9 Å². The lowest BCUT2D eigenvalue weighted by atomic mass is 10.1. The maximum atomic E-state index is 12.6. The summed E-state index contributed by atoms with van der Waals surface area (Å²) in [6.45, 7) is 2.36. The number of amides is 1. The van der Waals surface area contributed by atoms with Crippen LogP contribution in [-0.2, 0) is 6.54 Å². The summed E-state index contributed by atoms with van der Waals surface area (Å²) < 4.78 is 2.11. The number of rotatable bonds is 4. The molecule has 0 bridgehead atoms. The summed E-state index contributed by atoms with van der Waals surface area (Å²) in [5.74, 6) is -0.250. The Bertz CT molecular complexity index is 982. The maximum absolute atomic E-state index is 12.6. The van der Waals surface area contributed by atoms with E-state index in [2.05, 4.69) is 19.9 Å². The highest BCUT2D eigenvalue weighted by Crippen LogP contribution is 2.35. The Balaban J connectivity index is 1.62. The van der Waals surface area contributed by atoms with Crippen molar-refractivity contribution in [2.24, 2.45) is 0 Å². The molecule has 3 aromatic rings. The molecule has 122 valence electrons. The first-order valence-corrected chi connectivity index (χ1v) is 8.04. The Morgan fingerprint density at radius 1 is 1.38 bits per heavy atom. The summed E-state index contributed by atoms with van der Waals surface area (Å²) in [6, 6.07) is 7.52. The molecule has 0 unspecified atom stereocenters. The van der Waals surface area contributed by atoms with E-state index in [0.29, 0.717) is 23.7 Å². The number of nitrogens with one attached hydrogen (secondary N) is 2. The Labute approximate surface area is 138 Å². The van der Waals surface area contributed by atoms with E-state index in [1.807, 2.05) is 31.5 Å². The number of aromatic amines is 1. The van der Waals surface area contributed by atoms with Gasteiger partial charge in [-0.15, -0.1) is 0 Å². The molecule has 6 heteroatoms.